The second kappa shape index (κ2) is 5.95. The molecule has 2 heterocycles. The Hall–Kier alpha value is -0.430. The Morgan fingerprint density at radius 3 is 2.76 bits per heavy atom. The number of nitrogens with zero attached hydrogens (tertiary/aromatic N) is 1. The first-order valence-corrected chi connectivity index (χ1v) is 7.19. The van der Waals surface area contributed by atoms with Gasteiger partial charge in [-0.05, 0) is 28.1 Å². The number of thiophene rings is 1. The van der Waals surface area contributed by atoms with Gasteiger partial charge in [-0.2, -0.15) is 0 Å². The van der Waals surface area contributed by atoms with Crippen molar-refractivity contribution in [2.75, 3.05) is 32.7 Å². The molecule has 17 heavy (non-hydrogen) atoms. The van der Waals surface area contributed by atoms with Crippen molar-refractivity contribution in [3.05, 3.63) is 20.8 Å². The SMILES string of the molecule is O=C(O)C(CN1CCNCC1)c1ccc(Br)s1. The van der Waals surface area contributed by atoms with E-state index in [-0.39, 0.29) is 0 Å². The Morgan fingerprint density at radius 2 is 2.24 bits per heavy atom. The summed E-state index contributed by atoms with van der Waals surface area (Å²) in [7, 11) is 0. The van der Waals surface area contributed by atoms with Gasteiger partial charge in [-0.1, -0.05) is 0 Å². The third-order valence-electron chi connectivity index (χ3n) is 2.89. The van der Waals surface area contributed by atoms with Crippen LogP contribution in [0.5, 0.6) is 0 Å². The molecule has 1 aromatic heterocycles. The predicted molar refractivity (Wildman–Crippen MR) is 71.7 cm³/mol. The van der Waals surface area contributed by atoms with Crippen molar-refractivity contribution in [1.29, 1.82) is 0 Å². The number of halogens is 1. The van der Waals surface area contributed by atoms with Gasteiger partial charge in [-0.3, -0.25) is 9.69 Å². The molecule has 1 fully saturated rings. The Bertz CT molecular complexity index is 391. The molecule has 1 saturated heterocycles. The first-order chi connectivity index (χ1) is 8.16. The van der Waals surface area contributed by atoms with Crippen LogP contribution in [0.3, 0.4) is 0 Å². The van der Waals surface area contributed by atoms with E-state index in [2.05, 4.69) is 26.1 Å². The second-order valence-electron chi connectivity index (χ2n) is 4.08. The molecule has 0 spiro atoms. The molecule has 1 unspecified atom stereocenters. The molecule has 2 rings (SSSR count). The van der Waals surface area contributed by atoms with Crippen LogP contribution < -0.4 is 5.32 Å². The molecule has 0 saturated carbocycles. The third kappa shape index (κ3) is 3.51. The molecule has 0 bridgehead atoms. The van der Waals surface area contributed by atoms with Crippen molar-refractivity contribution < 1.29 is 9.90 Å². The van der Waals surface area contributed by atoms with Gasteiger partial charge in [-0.15, -0.1) is 11.3 Å². The molecule has 0 aromatic carbocycles. The number of hydrogen-bond acceptors (Lipinski definition) is 4. The Labute approximate surface area is 113 Å². The van der Waals surface area contributed by atoms with E-state index < -0.39 is 11.9 Å². The lowest BCUT2D eigenvalue weighted by molar-refractivity contribution is -0.139. The zero-order chi connectivity index (χ0) is 12.3. The number of piperazine rings is 1. The summed E-state index contributed by atoms with van der Waals surface area (Å²) in [5.74, 6) is -1.15. The standard InChI is InChI=1S/C11H15BrN2O2S/c12-10-2-1-9(17-10)8(11(15)16)7-14-5-3-13-4-6-14/h1-2,8,13H,3-7H2,(H,15,16). The Kier molecular flexibility index (Phi) is 4.55. The van der Waals surface area contributed by atoms with Gasteiger partial charge in [0.25, 0.3) is 0 Å². The van der Waals surface area contributed by atoms with Crippen molar-refractivity contribution in [2.24, 2.45) is 0 Å². The van der Waals surface area contributed by atoms with E-state index in [1.54, 1.807) is 0 Å². The van der Waals surface area contributed by atoms with E-state index >= 15 is 0 Å². The van der Waals surface area contributed by atoms with E-state index in [0.717, 1.165) is 34.8 Å². The highest BCUT2D eigenvalue weighted by atomic mass is 79.9. The number of carbonyl (C=O) groups is 1. The summed E-state index contributed by atoms with van der Waals surface area (Å²) in [5.41, 5.74) is 0. The summed E-state index contributed by atoms with van der Waals surface area (Å²) in [5, 5.41) is 12.6. The van der Waals surface area contributed by atoms with Crippen LogP contribution in [-0.4, -0.2) is 48.7 Å². The normalized spacial score (nSPS) is 19.1. The van der Waals surface area contributed by atoms with Crippen molar-refractivity contribution in [2.45, 2.75) is 5.92 Å². The van der Waals surface area contributed by atoms with Crippen LogP contribution in [0.4, 0.5) is 0 Å². The minimum Gasteiger partial charge on any atom is -0.481 e. The highest BCUT2D eigenvalue weighted by molar-refractivity contribution is 9.11. The van der Waals surface area contributed by atoms with Gasteiger partial charge >= 0.3 is 5.97 Å². The zero-order valence-corrected chi connectivity index (χ0v) is 11.8. The fourth-order valence-corrected chi connectivity index (χ4v) is 3.47. The predicted octanol–water partition coefficient (Wildman–Crippen LogP) is 1.58. The zero-order valence-electron chi connectivity index (χ0n) is 9.36. The topological polar surface area (TPSA) is 52.6 Å². The van der Waals surface area contributed by atoms with Crippen molar-refractivity contribution in [3.8, 4) is 0 Å². The number of carboxylic acid groups (broad SMARTS) is 1. The lowest BCUT2D eigenvalue weighted by Crippen LogP contribution is -2.45. The van der Waals surface area contributed by atoms with Crippen LogP contribution in [0.2, 0.25) is 0 Å². The number of rotatable bonds is 4. The summed E-state index contributed by atoms with van der Waals surface area (Å²) in [6.07, 6.45) is 0. The molecule has 94 valence electrons. The van der Waals surface area contributed by atoms with E-state index in [1.807, 2.05) is 12.1 Å². The van der Waals surface area contributed by atoms with E-state index in [9.17, 15) is 9.90 Å². The largest absolute Gasteiger partial charge is 0.481 e. The lowest BCUT2D eigenvalue weighted by Gasteiger charge is -2.29. The van der Waals surface area contributed by atoms with E-state index in [1.165, 1.54) is 11.3 Å². The average molecular weight is 319 g/mol. The quantitative estimate of drug-likeness (QED) is 0.885. The van der Waals surface area contributed by atoms with Crippen LogP contribution in [0, 0.1) is 0 Å². The minimum absolute atomic E-state index is 0.413. The lowest BCUT2D eigenvalue weighted by atomic mass is 10.1. The highest BCUT2D eigenvalue weighted by Gasteiger charge is 2.25. The second-order valence-corrected chi connectivity index (χ2v) is 6.58. The molecule has 1 aliphatic heterocycles. The fourth-order valence-electron chi connectivity index (χ4n) is 1.96. The van der Waals surface area contributed by atoms with Crippen molar-refractivity contribution >= 4 is 33.2 Å². The molecule has 0 radical (unpaired) electrons. The van der Waals surface area contributed by atoms with Crippen molar-refractivity contribution in [3.63, 3.8) is 0 Å². The third-order valence-corrected chi connectivity index (χ3v) is 4.62. The van der Waals surface area contributed by atoms with Crippen LogP contribution in [0.25, 0.3) is 0 Å². The summed E-state index contributed by atoms with van der Waals surface area (Å²) < 4.78 is 0.985. The number of carboxylic acids is 1. The number of nitrogens with one attached hydrogen (secondary N) is 1. The van der Waals surface area contributed by atoms with E-state index in [0.29, 0.717) is 6.54 Å². The summed E-state index contributed by atoms with van der Waals surface area (Å²) in [6, 6.07) is 3.81. The van der Waals surface area contributed by atoms with Crippen LogP contribution in [0.1, 0.15) is 10.8 Å². The maximum Gasteiger partial charge on any atom is 0.313 e. The highest BCUT2D eigenvalue weighted by Crippen LogP contribution is 2.29. The maximum atomic E-state index is 11.3. The monoisotopic (exact) mass is 318 g/mol. The molecular formula is C11H15BrN2O2S. The molecule has 1 aromatic rings. The van der Waals surface area contributed by atoms with Gasteiger partial charge in [0, 0.05) is 37.6 Å². The Balaban J connectivity index is 2.04. The number of aliphatic carboxylic acids is 1. The van der Waals surface area contributed by atoms with Gasteiger partial charge in [0.2, 0.25) is 0 Å². The first-order valence-electron chi connectivity index (χ1n) is 5.58. The van der Waals surface area contributed by atoms with Crippen LogP contribution in [-0.2, 0) is 4.79 Å². The van der Waals surface area contributed by atoms with Gasteiger partial charge in [0.05, 0.1) is 3.79 Å². The summed E-state index contributed by atoms with van der Waals surface area (Å²) in [4.78, 5) is 14.5. The van der Waals surface area contributed by atoms with Crippen molar-refractivity contribution in [1.82, 2.24) is 10.2 Å². The Morgan fingerprint density at radius 1 is 1.53 bits per heavy atom. The molecular weight excluding hydrogens is 304 g/mol. The first kappa shape index (κ1) is 13.0. The van der Waals surface area contributed by atoms with Gasteiger partial charge < -0.3 is 10.4 Å². The summed E-state index contributed by atoms with van der Waals surface area (Å²) >= 11 is 4.88. The van der Waals surface area contributed by atoms with E-state index in [4.69, 9.17) is 0 Å². The molecule has 1 atom stereocenters. The molecule has 2 N–H and O–H groups in total. The molecule has 6 heteroatoms. The number of hydrogen-bond donors (Lipinski definition) is 2. The summed E-state index contributed by atoms with van der Waals surface area (Å²) in [6.45, 7) is 4.34. The fraction of sp³-hybridized carbons (Fsp3) is 0.545. The molecule has 1 aliphatic rings. The van der Waals surface area contributed by atoms with Crippen LogP contribution in [0.15, 0.2) is 15.9 Å². The molecule has 0 aliphatic carbocycles. The smallest absolute Gasteiger partial charge is 0.313 e. The minimum atomic E-state index is -0.738. The van der Waals surface area contributed by atoms with Gasteiger partial charge in [-0.25, -0.2) is 0 Å². The van der Waals surface area contributed by atoms with Gasteiger partial charge in [0.1, 0.15) is 5.92 Å². The van der Waals surface area contributed by atoms with Crippen LogP contribution >= 0.6 is 27.3 Å². The van der Waals surface area contributed by atoms with Gasteiger partial charge in [0.15, 0.2) is 0 Å². The molecule has 4 nitrogen and oxygen atoms in total. The average Bonchev–Trinajstić information content (AvgIpc) is 2.73. The maximum absolute atomic E-state index is 11.3. The molecule has 0 amide bonds.